The van der Waals surface area contributed by atoms with Gasteiger partial charge in [-0.2, -0.15) is 0 Å². The van der Waals surface area contributed by atoms with Crippen molar-refractivity contribution in [3.8, 4) is 0 Å². The number of unbranched alkanes of at least 4 members (excludes halogenated alkanes) is 10. The number of carbonyl (C=O) groups excluding carboxylic acids is 3. The first kappa shape index (κ1) is 73.2. The SMILES string of the molecule is CC/C=C\C/C=C\C/C=C\C/C=C\C/C=C\C/C=C\C/C=C\CCCC(=O)OCC(COC(=O)CCCCCC/C=C\C/C=C\C/C=C\C/C=C\CC)OC(=O)CCCCCCC/C=C\C/C=C\C/C=C\C/C=C\C/C=C\CC. The zero-order valence-corrected chi connectivity index (χ0v) is 50.0. The molecule has 6 heteroatoms. The van der Waals surface area contributed by atoms with E-state index in [0.717, 1.165) is 180 Å². The Kier molecular flexibility index (Phi) is 60.1. The second-order valence-electron chi connectivity index (χ2n) is 19.5. The highest BCUT2D eigenvalue weighted by Crippen LogP contribution is 2.12. The van der Waals surface area contributed by atoms with Gasteiger partial charge in [-0.3, -0.25) is 14.4 Å². The molecule has 0 bridgehead atoms. The van der Waals surface area contributed by atoms with E-state index in [1.54, 1.807) is 0 Å². The summed E-state index contributed by atoms with van der Waals surface area (Å²) < 4.78 is 16.8. The Bertz CT molecular complexity index is 1920. The molecule has 0 aliphatic heterocycles. The van der Waals surface area contributed by atoms with Crippen LogP contribution < -0.4 is 0 Å². The molecule has 0 aromatic rings. The zero-order chi connectivity index (χ0) is 57.1. The number of carbonyl (C=O) groups is 3. The molecule has 0 fully saturated rings. The largest absolute Gasteiger partial charge is 0.462 e. The van der Waals surface area contributed by atoms with Crippen LogP contribution in [-0.2, 0) is 28.6 Å². The third-order valence-electron chi connectivity index (χ3n) is 12.1. The molecule has 6 nitrogen and oxygen atoms in total. The van der Waals surface area contributed by atoms with E-state index in [4.69, 9.17) is 14.2 Å². The van der Waals surface area contributed by atoms with Crippen LogP contribution in [0, 0.1) is 0 Å². The lowest BCUT2D eigenvalue weighted by atomic mass is 10.1. The summed E-state index contributed by atoms with van der Waals surface area (Å²) in [6, 6.07) is 0. The van der Waals surface area contributed by atoms with Crippen molar-refractivity contribution in [2.24, 2.45) is 0 Å². The number of hydrogen-bond acceptors (Lipinski definition) is 6. The summed E-state index contributed by atoms with van der Waals surface area (Å²) in [5.41, 5.74) is 0. The van der Waals surface area contributed by atoms with Gasteiger partial charge in [-0.25, -0.2) is 0 Å². The molecule has 0 spiro atoms. The van der Waals surface area contributed by atoms with Gasteiger partial charge in [0.15, 0.2) is 6.10 Å². The topological polar surface area (TPSA) is 78.9 Å². The van der Waals surface area contributed by atoms with E-state index < -0.39 is 6.10 Å². The van der Waals surface area contributed by atoms with Gasteiger partial charge in [0.25, 0.3) is 0 Å². The van der Waals surface area contributed by atoms with Gasteiger partial charge in [0.2, 0.25) is 0 Å². The minimum atomic E-state index is -0.837. The van der Waals surface area contributed by atoms with Crippen LogP contribution in [0.4, 0.5) is 0 Å². The van der Waals surface area contributed by atoms with Gasteiger partial charge >= 0.3 is 17.9 Å². The van der Waals surface area contributed by atoms with Gasteiger partial charge in [-0.1, -0.05) is 247 Å². The predicted octanol–water partition coefficient (Wildman–Crippen LogP) is 21.4. The van der Waals surface area contributed by atoms with Crippen LogP contribution in [0.25, 0.3) is 0 Å². The standard InChI is InChI=1S/C73H110O6/c1-4-7-10-13-16-19-22-25-28-31-33-35-36-38-39-42-45-48-51-54-57-60-63-66-72(75)78-69-70(68-77-71(74)65-62-59-56-53-50-47-44-41-30-27-24-21-18-15-12-9-6-3)79-73(76)67-64-61-58-55-52-49-46-43-40-37-34-32-29-26-23-20-17-14-11-8-5-2/h7-12,16-21,25-30,33-35,37-39,43-48,54,57,70H,4-6,13-15,22-24,31-32,36,40-42,49-53,55-56,58-69H2,1-3H3/b10-7-,11-8-,12-9-,19-16-,20-17-,21-18-,28-25-,29-26-,30-27-,35-33-,37-34-,39-38-,46-43-,47-44-,48-45-,57-54-. The summed E-state index contributed by atoms with van der Waals surface area (Å²) in [7, 11) is 0. The molecule has 1 unspecified atom stereocenters. The van der Waals surface area contributed by atoms with Crippen LogP contribution in [0.1, 0.15) is 226 Å². The van der Waals surface area contributed by atoms with Crippen molar-refractivity contribution in [1.82, 2.24) is 0 Å². The van der Waals surface area contributed by atoms with Crippen LogP contribution >= 0.6 is 0 Å². The van der Waals surface area contributed by atoms with E-state index in [-0.39, 0.29) is 44.0 Å². The van der Waals surface area contributed by atoms with Crippen LogP contribution in [0.3, 0.4) is 0 Å². The average molecular weight is 1080 g/mol. The van der Waals surface area contributed by atoms with E-state index in [2.05, 4.69) is 215 Å². The van der Waals surface area contributed by atoms with E-state index >= 15 is 0 Å². The number of allylic oxidation sites excluding steroid dienone is 32. The van der Waals surface area contributed by atoms with Crippen molar-refractivity contribution in [3.05, 3.63) is 194 Å². The Balaban J connectivity index is 4.62. The van der Waals surface area contributed by atoms with Gasteiger partial charge in [-0.05, 0) is 154 Å². The normalized spacial score (nSPS) is 13.5. The summed E-state index contributed by atoms with van der Waals surface area (Å²) in [5, 5.41) is 0. The Labute approximate surface area is 484 Å². The maximum Gasteiger partial charge on any atom is 0.306 e. The average Bonchev–Trinajstić information content (AvgIpc) is 3.45. The fourth-order valence-corrected chi connectivity index (χ4v) is 7.57. The molecule has 0 saturated heterocycles. The molecule has 0 aromatic carbocycles. The number of hydrogen-bond donors (Lipinski definition) is 0. The van der Waals surface area contributed by atoms with Gasteiger partial charge in [0, 0.05) is 19.3 Å². The number of ether oxygens (including phenoxy) is 3. The first-order valence-corrected chi connectivity index (χ1v) is 30.9. The van der Waals surface area contributed by atoms with Crippen molar-refractivity contribution in [3.63, 3.8) is 0 Å². The van der Waals surface area contributed by atoms with Gasteiger partial charge in [-0.15, -0.1) is 0 Å². The second kappa shape index (κ2) is 64.8. The fraction of sp³-hybridized carbons (Fsp3) is 0.521. The molecule has 0 aromatic heterocycles. The molecule has 0 N–H and O–H groups in total. The molecule has 0 saturated carbocycles. The minimum Gasteiger partial charge on any atom is -0.462 e. The third-order valence-corrected chi connectivity index (χ3v) is 12.1. The first-order chi connectivity index (χ1) is 39.0. The molecule has 438 valence electrons. The highest BCUT2D eigenvalue weighted by Gasteiger charge is 2.19. The quantitative estimate of drug-likeness (QED) is 0.0261. The van der Waals surface area contributed by atoms with Crippen LogP contribution in [0.2, 0.25) is 0 Å². The number of rotatable bonds is 53. The van der Waals surface area contributed by atoms with E-state index in [1.807, 2.05) is 0 Å². The van der Waals surface area contributed by atoms with Gasteiger partial charge in [0.1, 0.15) is 13.2 Å². The summed E-state index contributed by atoms with van der Waals surface area (Å²) in [4.78, 5) is 38.3. The van der Waals surface area contributed by atoms with E-state index in [0.29, 0.717) is 12.8 Å². The second-order valence-corrected chi connectivity index (χ2v) is 19.5. The minimum absolute atomic E-state index is 0.128. The smallest absolute Gasteiger partial charge is 0.306 e. The van der Waals surface area contributed by atoms with Crippen LogP contribution in [-0.4, -0.2) is 37.2 Å². The van der Waals surface area contributed by atoms with Crippen LogP contribution in [0.15, 0.2) is 194 Å². The van der Waals surface area contributed by atoms with E-state index in [1.165, 1.54) is 0 Å². The first-order valence-electron chi connectivity index (χ1n) is 30.9. The molecule has 0 rings (SSSR count). The molecule has 1 atom stereocenters. The molecule has 79 heavy (non-hydrogen) atoms. The van der Waals surface area contributed by atoms with Crippen molar-refractivity contribution < 1.29 is 28.6 Å². The Morgan fingerprint density at radius 2 is 0.468 bits per heavy atom. The maximum atomic E-state index is 12.9. The molecule has 0 aliphatic rings. The summed E-state index contributed by atoms with van der Waals surface area (Å²) in [6.45, 7) is 6.19. The van der Waals surface area contributed by atoms with Crippen molar-refractivity contribution in [2.75, 3.05) is 13.2 Å². The zero-order valence-electron chi connectivity index (χ0n) is 50.0. The van der Waals surface area contributed by atoms with E-state index in [9.17, 15) is 14.4 Å². The number of esters is 3. The molecular formula is C73H110O6. The molecule has 0 amide bonds. The maximum absolute atomic E-state index is 12.9. The highest BCUT2D eigenvalue weighted by atomic mass is 16.6. The summed E-state index contributed by atoms with van der Waals surface area (Å²) >= 11 is 0. The van der Waals surface area contributed by atoms with Crippen LogP contribution in [0.5, 0.6) is 0 Å². The molecule has 0 aliphatic carbocycles. The summed E-state index contributed by atoms with van der Waals surface area (Å²) in [5.74, 6) is -1.04. The lowest BCUT2D eigenvalue weighted by molar-refractivity contribution is -0.167. The summed E-state index contributed by atoms with van der Waals surface area (Å²) in [6.07, 6.45) is 98.5. The molecular weight excluding hydrogens is 973 g/mol. The monoisotopic (exact) mass is 1080 g/mol. The fourth-order valence-electron chi connectivity index (χ4n) is 7.57. The van der Waals surface area contributed by atoms with Crippen molar-refractivity contribution in [1.29, 1.82) is 0 Å². The van der Waals surface area contributed by atoms with Gasteiger partial charge < -0.3 is 14.2 Å². The lowest BCUT2D eigenvalue weighted by Crippen LogP contribution is -2.30. The molecule has 0 radical (unpaired) electrons. The Hall–Kier alpha value is -5.75. The third kappa shape index (κ3) is 63.0. The highest BCUT2D eigenvalue weighted by molar-refractivity contribution is 5.71. The van der Waals surface area contributed by atoms with Crippen molar-refractivity contribution >= 4 is 17.9 Å². The lowest BCUT2D eigenvalue weighted by Gasteiger charge is -2.18. The predicted molar refractivity (Wildman–Crippen MR) is 343 cm³/mol. The molecule has 0 heterocycles. The van der Waals surface area contributed by atoms with Gasteiger partial charge in [0.05, 0.1) is 0 Å². The Morgan fingerprint density at radius 1 is 0.253 bits per heavy atom. The Morgan fingerprint density at radius 3 is 0.759 bits per heavy atom. The van der Waals surface area contributed by atoms with Crippen molar-refractivity contribution in [2.45, 2.75) is 232 Å².